The van der Waals surface area contributed by atoms with E-state index in [0.717, 1.165) is 5.17 Å². The van der Waals surface area contributed by atoms with Gasteiger partial charge in [-0.15, -0.1) is 0 Å². The second kappa shape index (κ2) is 7.04. The lowest BCUT2D eigenvalue weighted by Gasteiger charge is -2.10. The van der Waals surface area contributed by atoms with Crippen molar-refractivity contribution in [2.45, 2.75) is 18.6 Å². The number of carbonyl (C=O) groups is 3. The van der Waals surface area contributed by atoms with Crippen LogP contribution in [0.2, 0.25) is 0 Å². The SMILES string of the molecule is CCOC(=O)c1ccc(NC(=O)C[C@@H]2SC3=NCCN3C2=O)cc1. The molecule has 0 radical (unpaired) electrons. The number of ether oxygens (including phenoxy) is 1. The zero-order valence-electron chi connectivity index (χ0n) is 13.2. The largest absolute Gasteiger partial charge is 0.462 e. The maximum absolute atomic E-state index is 12.1. The highest BCUT2D eigenvalue weighted by atomic mass is 32.2. The predicted octanol–water partition coefficient (Wildman–Crippen LogP) is 1.51. The molecule has 0 spiro atoms. The zero-order chi connectivity index (χ0) is 17.1. The number of thioether (sulfide) groups is 1. The standard InChI is InChI=1S/C16H17N3O4S/c1-2-23-15(22)10-3-5-11(6-4-10)18-13(20)9-12-14(21)19-8-7-17-16(19)24-12/h3-6,12H,2,7-9H2,1H3,(H,18,20)/t12-/m0/s1. The Balaban J connectivity index is 1.55. The molecule has 1 aromatic rings. The van der Waals surface area contributed by atoms with Crippen LogP contribution in [-0.2, 0) is 14.3 Å². The molecule has 0 aromatic heterocycles. The van der Waals surface area contributed by atoms with Crippen LogP contribution in [0.15, 0.2) is 29.3 Å². The lowest BCUT2D eigenvalue weighted by atomic mass is 10.2. The maximum Gasteiger partial charge on any atom is 0.338 e. The minimum absolute atomic E-state index is 0.0518. The van der Waals surface area contributed by atoms with E-state index in [1.54, 1.807) is 36.1 Å². The fourth-order valence-corrected chi connectivity index (χ4v) is 3.69. The molecule has 1 saturated heterocycles. The van der Waals surface area contributed by atoms with Crippen LogP contribution in [0, 0.1) is 0 Å². The highest BCUT2D eigenvalue weighted by Gasteiger charge is 2.40. The van der Waals surface area contributed by atoms with E-state index in [1.165, 1.54) is 11.8 Å². The normalized spacial score (nSPS) is 19.0. The summed E-state index contributed by atoms with van der Waals surface area (Å²) in [6.45, 7) is 3.30. The van der Waals surface area contributed by atoms with Gasteiger partial charge in [0.25, 0.3) is 0 Å². The number of nitrogens with zero attached hydrogens (tertiary/aromatic N) is 2. The van der Waals surface area contributed by atoms with Crippen LogP contribution >= 0.6 is 11.8 Å². The van der Waals surface area contributed by atoms with Crippen LogP contribution in [0.5, 0.6) is 0 Å². The van der Waals surface area contributed by atoms with E-state index in [-0.39, 0.29) is 18.2 Å². The molecule has 0 saturated carbocycles. The van der Waals surface area contributed by atoms with Gasteiger partial charge in [-0.3, -0.25) is 19.5 Å². The van der Waals surface area contributed by atoms with Gasteiger partial charge in [-0.1, -0.05) is 11.8 Å². The number of esters is 1. The van der Waals surface area contributed by atoms with Crippen LogP contribution in [0.4, 0.5) is 5.69 Å². The number of amides is 2. The minimum Gasteiger partial charge on any atom is -0.462 e. The third kappa shape index (κ3) is 3.43. The summed E-state index contributed by atoms with van der Waals surface area (Å²) in [5.74, 6) is -0.694. The summed E-state index contributed by atoms with van der Waals surface area (Å²) in [6, 6.07) is 6.45. The summed E-state index contributed by atoms with van der Waals surface area (Å²) in [4.78, 5) is 41.7. The van der Waals surface area contributed by atoms with E-state index in [4.69, 9.17) is 4.74 Å². The first-order valence-electron chi connectivity index (χ1n) is 7.68. The van der Waals surface area contributed by atoms with Gasteiger partial charge >= 0.3 is 5.97 Å². The number of carbonyl (C=O) groups excluding carboxylic acids is 3. The molecule has 0 unspecified atom stereocenters. The van der Waals surface area contributed by atoms with E-state index in [1.807, 2.05) is 0 Å². The number of hydrogen-bond acceptors (Lipinski definition) is 6. The molecule has 2 aliphatic heterocycles. The number of hydrogen-bond donors (Lipinski definition) is 1. The van der Waals surface area contributed by atoms with Gasteiger partial charge < -0.3 is 10.1 Å². The first kappa shape index (κ1) is 16.5. The van der Waals surface area contributed by atoms with Crippen molar-refractivity contribution in [2.24, 2.45) is 4.99 Å². The average Bonchev–Trinajstić information content (AvgIpc) is 3.12. The Labute approximate surface area is 143 Å². The van der Waals surface area contributed by atoms with Gasteiger partial charge in [-0.2, -0.15) is 0 Å². The first-order valence-corrected chi connectivity index (χ1v) is 8.56. The van der Waals surface area contributed by atoms with Crippen molar-refractivity contribution < 1.29 is 19.1 Å². The van der Waals surface area contributed by atoms with Gasteiger partial charge in [-0.25, -0.2) is 4.79 Å². The van der Waals surface area contributed by atoms with Crippen molar-refractivity contribution in [1.29, 1.82) is 0 Å². The van der Waals surface area contributed by atoms with Crippen LogP contribution in [0.25, 0.3) is 0 Å². The van der Waals surface area contributed by atoms with Crippen molar-refractivity contribution in [2.75, 3.05) is 25.0 Å². The monoisotopic (exact) mass is 347 g/mol. The lowest BCUT2D eigenvalue weighted by molar-refractivity contribution is -0.127. The molecule has 1 fully saturated rings. The summed E-state index contributed by atoms with van der Waals surface area (Å²) in [5, 5.41) is 3.04. The lowest BCUT2D eigenvalue weighted by Crippen LogP contribution is -2.32. The Hall–Kier alpha value is -2.35. The maximum atomic E-state index is 12.1. The third-order valence-corrected chi connectivity index (χ3v) is 4.85. The molecule has 7 nitrogen and oxygen atoms in total. The van der Waals surface area contributed by atoms with Crippen molar-refractivity contribution in [3.63, 3.8) is 0 Å². The molecule has 3 rings (SSSR count). The van der Waals surface area contributed by atoms with Gasteiger partial charge in [0.15, 0.2) is 5.17 Å². The fourth-order valence-electron chi connectivity index (χ4n) is 2.50. The number of amidine groups is 1. The van der Waals surface area contributed by atoms with Crippen LogP contribution < -0.4 is 5.32 Å². The second-order valence-corrected chi connectivity index (χ2v) is 6.48. The van der Waals surface area contributed by atoms with Gasteiger partial charge in [0.2, 0.25) is 11.8 Å². The van der Waals surface area contributed by atoms with E-state index in [2.05, 4.69) is 10.3 Å². The van der Waals surface area contributed by atoms with Crippen molar-refractivity contribution >= 4 is 40.4 Å². The number of fused-ring (bicyclic) bond motifs is 1. The second-order valence-electron chi connectivity index (χ2n) is 5.31. The molecule has 1 N–H and O–H groups in total. The Kier molecular flexibility index (Phi) is 4.84. The minimum atomic E-state index is -0.414. The first-order chi connectivity index (χ1) is 11.6. The number of anilines is 1. The number of rotatable bonds is 5. The van der Waals surface area contributed by atoms with E-state index in [9.17, 15) is 14.4 Å². The molecule has 0 bridgehead atoms. The Morgan fingerprint density at radius 3 is 2.79 bits per heavy atom. The topological polar surface area (TPSA) is 88.1 Å². The van der Waals surface area contributed by atoms with Gasteiger partial charge in [0, 0.05) is 18.7 Å². The van der Waals surface area contributed by atoms with Crippen LogP contribution in [0.1, 0.15) is 23.7 Å². The molecule has 1 aromatic carbocycles. The molecule has 126 valence electrons. The number of nitrogens with one attached hydrogen (secondary N) is 1. The van der Waals surface area contributed by atoms with E-state index in [0.29, 0.717) is 30.9 Å². The summed E-state index contributed by atoms with van der Waals surface area (Å²) in [7, 11) is 0. The Bertz CT molecular complexity index is 702. The zero-order valence-corrected chi connectivity index (χ0v) is 14.0. The Morgan fingerprint density at radius 1 is 1.38 bits per heavy atom. The van der Waals surface area contributed by atoms with Crippen molar-refractivity contribution in [1.82, 2.24) is 4.90 Å². The predicted molar refractivity (Wildman–Crippen MR) is 91.0 cm³/mol. The quantitative estimate of drug-likeness (QED) is 0.816. The molecular formula is C16H17N3O4S. The molecule has 0 aliphatic carbocycles. The van der Waals surface area contributed by atoms with Crippen molar-refractivity contribution in [3.8, 4) is 0 Å². The molecule has 8 heteroatoms. The van der Waals surface area contributed by atoms with Crippen LogP contribution in [0.3, 0.4) is 0 Å². The van der Waals surface area contributed by atoms with Gasteiger partial charge in [0.1, 0.15) is 5.25 Å². The molecule has 2 heterocycles. The molecule has 24 heavy (non-hydrogen) atoms. The summed E-state index contributed by atoms with van der Waals surface area (Å²) in [5.41, 5.74) is 0.997. The fraction of sp³-hybridized carbons (Fsp3) is 0.375. The van der Waals surface area contributed by atoms with E-state index >= 15 is 0 Å². The smallest absolute Gasteiger partial charge is 0.338 e. The molecular weight excluding hydrogens is 330 g/mol. The summed E-state index contributed by atoms with van der Waals surface area (Å²) >= 11 is 1.34. The summed E-state index contributed by atoms with van der Waals surface area (Å²) < 4.78 is 4.90. The molecule has 2 aliphatic rings. The molecule has 2 amide bonds. The highest BCUT2D eigenvalue weighted by molar-refractivity contribution is 8.15. The van der Waals surface area contributed by atoms with Crippen molar-refractivity contribution in [3.05, 3.63) is 29.8 Å². The van der Waals surface area contributed by atoms with Gasteiger partial charge in [-0.05, 0) is 31.2 Å². The number of benzene rings is 1. The molecule has 1 atom stereocenters. The Morgan fingerprint density at radius 2 is 2.12 bits per heavy atom. The highest BCUT2D eigenvalue weighted by Crippen LogP contribution is 2.31. The third-order valence-electron chi connectivity index (χ3n) is 3.64. The summed E-state index contributed by atoms with van der Waals surface area (Å²) in [6.07, 6.45) is 0.0959. The number of aliphatic imine (C=N–C) groups is 1. The average molecular weight is 347 g/mol. The van der Waals surface area contributed by atoms with Gasteiger partial charge in [0.05, 0.1) is 18.7 Å². The van der Waals surface area contributed by atoms with Crippen LogP contribution in [-0.4, -0.2) is 52.8 Å². The van der Waals surface area contributed by atoms with E-state index < -0.39 is 11.2 Å².